The van der Waals surface area contributed by atoms with E-state index in [4.69, 9.17) is 33.2 Å². The van der Waals surface area contributed by atoms with Gasteiger partial charge in [-0.05, 0) is 31.0 Å². The van der Waals surface area contributed by atoms with Gasteiger partial charge in [0.15, 0.2) is 0 Å². The first-order valence-electron chi connectivity index (χ1n) is 17.6. The van der Waals surface area contributed by atoms with Crippen molar-refractivity contribution in [3.05, 3.63) is 29.8 Å². The van der Waals surface area contributed by atoms with Crippen LogP contribution in [-0.4, -0.2) is 205 Å². The van der Waals surface area contributed by atoms with Gasteiger partial charge in [-0.25, -0.2) is 0 Å². The number of benzene rings is 1. The van der Waals surface area contributed by atoms with Gasteiger partial charge in [0.2, 0.25) is 0 Å². The lowest BCUT2D eigenvalue weighted by atomic mass is 10.0. The molecule has 1 aromatic rings. The molecule has 1 aliphatic rings. The smallest absolute Gasteiger partial charge is 0.325 e. The molecule has 0 amide bonds. The molecule has 1 fully saturated rings. The second-order valence-corrected chi connectivity index (χ2v) is 12.0. The first kappa shape index (κ1) is 44.7. The van der Waals surface area contributed by atoms with Gasteiger partial charge in [-0.3, -0.25) is 38.8 Å². The summed E-state index contributed by atoms with van der Waals surface area (Å²) in [5.41, 5.74) is 0.789. The average Bonchev–Trinajstić information content (AvgIpc) is 3.14. The highest BCUT2D eigenvalue weighted by molar-refractivity contribution is 5.76. The van der Waals surface area contributed by atoms with Crippen LogP contribution < -0.4 is 4.74 Å². The Morgan fingerprint density at radius 2 is 1.12 bits per heavy atom. The summed E-state index contributed by atoms with van der Waals surface area (Å²) in [7, 11) is 3.83. The number of aliphatic carboxylic acids is 1. The summed E-state index contributed by atoms with van der Waals surface area (Å²) >= 11 is 0. The molecule has 0 saturated carbocycles. The summed E-state index contributed by atoms with van der Waals surface area (Å²) in [6, 6.07) is 5.36. The lowest BCUT2D eigenvalue weighted by molar-refractivity contribution is -0.150. The summed E-state index contributed by atoms with van der Waals surface area (Å²) in [5, 5.41) is 20.5. The van der Waals surface area contributed by atoms with Gasteiger partial charge in [-0.1, -0.05) is 12.1 Å². The number of aliphatic hydroxyl groups excluding tert-OH is 1. The van der Waals surface area contributed by atoms with E-state index in [1.165, 1.54) is 21.3 Å². The first-order chi connectivity index (χ1) is 25.1. The zero-order valence-electron chi connectivity index (χ0n) is 31.1. The predicted molar refractivity (Wildman–Crippen MR) is 188 cm³/mol. The molecule has 1 aliphatic heterocycles. The summed E-state index contributed by atoms with van der Waals surface area (Å²) in [6.45, 7) is 7.04. The standard InChI is InChI=1S/C35H58N4O13/c1-5-49-18-19-50-20-21-51-22-23-52-29-8-6-28(7-9-29)24-30(34(43)44)38-14-10-36(25-32(41)46-2)12-16-39(31(27-40)35(45)48-4)17-13-37(11-15-38)26-33(42)47-3/h6-9,30-31,40H,5,10-27H2,1-4H3,(H,43,44). The third-order valence-electron chi connectivity index (χ3n) is 8.58. The molecule has 2 N–H and O–H groups in total. The zero-order chi connectivity index (χ0) is 38.1. The first-order valence-corrected chi connectivity index (χ1v) is 17.6. The van der Waals surface area contributed by atoms with Gasteiger partial charge in [-0.15, -0.1) is 0 Å². The van der Waals surface area contributed by atoms with Crippen molar-refractivity contribution in [3.8, 4) is 5.75 Å². The fourth-order valence-corrected chi connectivity index (χ4v) is 5.56. The van der Waals surface area contributed by atoms with Crippen LogP contribution in [0.1, 0.15) is 12.5 Å². The number of rotatable bonds is 22. The molecule has 2 rings (SSSR count). The lowest BCUT2D eigenvalue weighted by Crippen LogP contribution is -2.54. The van der Waals surface area contributed by atoms with Crippen LogP contribution in [-0.2, 0) is 54.0 Å². The van der Waals surface area contributed by atoms with Crippen molar-refractivity contribution >= 4 is 23.9 Å². The summed E-state index contributed by atoms with van der Waals surface area (Å²) in [4.78, 5) is 57.2. The Hall–Kier alpha value is -3.42. The topological polar surface area (TPSA) is 186 Å². The molecule has 1 aromatic carbocycles. The molecule has 1 heterocycles. The SMILES string of the molecule is CCOCCOCCOCCOc1ccc(CC(C(=O)O)N2CCN(CC(=O)OC)CCN(C(CO)C(=O)OC)CCN(CC(=O)OC)CC2)cc1. The van der Waals surface area contributed by atoms with Gasteiger partial charge in [0.05, 0.1) is 74.1 Å². The Morgan fingerprint density at radius 1 is 0.654 bits per heavy atom. The average molecular weight is 743 g/mol. The van der Waals surface area contributed by atoms with E-state index in [1.807, 2.05) is 33.8 Å². The van der Waals surface area contributed by atoms with E-state index in [1.54, 1.807) is 17.0 Å². The predicted octanol–water partition coefficient (Wildman–Crippen LogP) is -0.768. The molecule has 1 saturated heterocycles. The highest BCUT2D eigenvalue weighted by Gasteiger charge is 2.31. The van der Waals surface area contributed by atoms with Crippen LogP contribution in [0.5, 0.6) is 5.75 Å². The van der Waals surface area contributed by atoms with E-state index >= 15 is 0 Å². The van der Waals surface area contributed by atoms with Crippen molar-refractivity contribution < 1.29 is 62.5 Å². The third kappa shape index (κ3) is 17.4. The normalized spacial score (nSPS) is 16.9. The molecular weight excluding hydrogens is 684 g/mol. The summed E-state index contributed by atoms with van der Waals surface area (Å²) in [6.07, 6.45) is 0.196. The third-order valence-corrected chi connectivity index (χ3v) is 8.58. The number of nitrogens with zero attached hydrogens (tertiary/aromatic N) is 4. The highest BCUT2D eigenvalue weighted by Crippen LogP contribution is 2.17. The monoisotopic (exact) mass is 742 g/mol. The van der Waals surface area contributed by atoms with Gasteiger partial charge in [0.25, 0.3) is 0 Å². The van der Waals surface area contributed by atoms with E-state index in [0.717, 1.165) is 5.56 Å². The fourth-order valence-electron chi connectivity index (χ4n) is 5.56. The second-order valence-electron chi connectivity index (χ2n) is 12.0. The van der Waals surface area contributed by atoms with Gasteiger partial charge in [0, 0.05) is 59.0 Å². The van der Waals surface area contributed by atoms with Crippen LogP contribution in [0, 0.1) is 0 Å². The summed E-state index contributed by atoms with van der Waals surface area (Å²) < 4.78 is 36.7. The quantitative estimate of drug-likeness (QED) is 0.0857. The minimum absolute atomic E-state index is 0.0544. The van der Waals surface area contributed by atoms with E-state index < -0.39 is 42.6 Å². The van der Waals surface area contributed by atoms with Crippen LogP contribution in [0.4, 0.5) is 0 Å². The maximum Gasteiger partial charge on any atom is 0.325 e. The molecule has 0 aliphatic carbocycles. The maximum absolute atomic E-state index is 12.8. The van der Waals surface area contributed by atoms with Crippen LogP contribution in [0.3, 0.4) is 0 Å². The molecule has 17 nitrogen and oxygen atoms in total. The number of aliphatic hydroxyl groups is 1. The molecule has 0 spiro atoms. The van der Waals surface area contributed by atoms with Gasteiger partial charge in [-0.2, -0.15) is 0 Å². The number of carboxylic acid groups (broad SMARTS) is 1. The van der Waals surface area contributed by atoms with E-state index in [2.05, 4.69) is 0 Å². The van der Waals surface area contributed by atoms with Crippen LogP contribution in [0.2, 0.25) is 0 Å². The van der Waals surface area contributed by atoms with Gasteiger partial charge >= 0.3 is 23.9 Å². The number of hydrogen-bond donors (Lipinski definition) is 2. The van der Waals surface area contributed by atoms with Gasteiger partial charge in [0.1, 0.15) is 24.4 Å². The Morgan fingerprint density at radius 3 is 1.54 bits per heavy atom. The van der Waals surface area contributed by atoms with Crippen molar-refractivity contribution in [3.63, 3.8) is 0 Å². The molecular formula is C35H58N4O13. The molecule has 52 heavy (non-hydrogen) atoms. The minimum Gasteiger partial charge on any atom is -0.491 e. The number of carboxylic acids is 1. The Bertz CT molecular complexity index is 1140. The molecule has 2 unspecified atom stereocenters. The number of methoxy groups -OCH3 is 3. The van der Waals surface area contributed by atoms with Gasteiger partial charge < -0.3 is 43.4 Å². The number of carbonyl (C=O) groups excluding carboxylic acids is 3. The number of carbonyl (C=O) groups is 4. The Balaban J connectivity index is 2.15. The Kier molecular flexibility index (Phi) is 22.7. The van der Waals surface area contributed by atoms with Crippen LogP contribution >= 0.6 is 0 Å². The molecule has 0 radical (unpaired) electrons. The number of hydrogen-bond acceptors (Lipinski definition) is 16. The van der Waals surface area contributed by atoms with Crippen molar-refractivity contribution in [1.82, 2.24) is 19.6 Å². The van der Waals surface area contributed by atoms with Crippen molar-refractivity contribution in [2.24, 2.45) is 0 Å². The van der Waals surface area contributed by atoms with Crippen molar-refractivity contribution in [2.75, 3.05) is 140 Å². The highest BCUT2D eigenvalue weighted by atomic mass is 16.6. The molecule has 296 valence electrons. The fraction of sp³-hybridized carbons (Fsp3) is 0.714. The molecule has 17 heteroatoms. The van der Waals surface area contributed by atoms with Crippen LogP contribution in [0.15, 0.2) is 24.3 Å². The molecule has 0 aromatic heterocycles. The van der Waals surface area contributed by atoms with Crippen molar-refractivity contribution in [1.29, 1.82) is 0 Å². The van der Waals surface area contributed by atoms with E-state index in [-0.39, 0.29) is 45.7 Å². The van der Waals surface area contributed by atoms with Crippen LogP contribution in [0.25, 0.3) is 0 Å². The minimum atomic E-state index is -1.01. The van der Waals surface area contributed by atoms with Crippen molar-refractivity contribution in [2.45, 2.75) is 25.4 Å². The van der Waals surface area contributed by atoms with E-state index in [0.29, 0.717) is 78.2 Å². The Labute approximate surface area is 306 Å². The number of ether oxygens (including phenoxy) is 7. The summed E-state index contributed by atoms with van der Waals surface area (Å²) in [5.74, 6) is -1.93. The second kappa shape index (κ2) is 26.4. The molecule has 0 bridgehead atoms. The molecule has 2 atom stereocenters. The zero-order valence-corrected chi connectivity index (χ0v) is 31.1. The largest absolute Gasteiger partial charge is 0.491 e. The number of esters is 3. The maximum atomic E-state index is 12.8. The van der Waals surface area contributed by atoms with E-state index in [9.17, 15) is 29.4 Å². The lowest BCUT2D eigenvalue weighted by Gasteiger charge is -2.37.